The number of fused-ring (bicyclic) bond motifs is 1. The van der Waals surface area contributed by atoms with Crippen molar-refractivity contribution in [3.8, 4) is 0 Å². The Balaban J connectivity index is 1.54. The standard InChI is InChI=1S/C21H20N2O3/c24-20(15-4-2-1-3-5-15)13-18-14-26-11-10-23(18)21(25)17-6-7-19-16(12-17)8-9-22-19/h1-9,12,18,22H,10-11,13-14H2/t18-/m1/s1. The van der Waals surface area contributed by atoms with Crippen LogP contribution in [0.25, 0.3) is 10.9 Å². The number of ketones is 1. The van der Waals surface area contributed by atoms with Gasteiger partial charge in [0.25, 0.3) is 5.91 Å². The molecule has 0 radical (unpaired) electrons. The van der Waals surface area contributed by atoms with Gasteiger partial charge in [0, 0.05) is 41.2 Å². The number of hydrogen-bond donors (Lipinski definition) is 1. The second kappa shape index (κ2) is 7.14. The van der Waals surface area contributed by atoms with Gasteiger partial charge in [-0.15, -0.1) is 0 Å². The van der Waals surface area contributed by atoms with Crippen LogP contribution in [0.1, 0.15) is 27.1 Å². The van der Waals surface area contributed by atoms with Gasteiger partial charge in [-0.3, -0.25) is 9.59 Å². The minimum absolute atomic E-state index is 0.0278. The van der Waals surface area contributed by atoms with Crippen molar-refractivity contribution in [1.82, 2.24) is 9.88 Å². The van der Waals surface area contributed by atoms with E-state index >= 15 is 0 Å². The summed E-state index contributed by atoms with van der Waals surface area (Å²) in [4.78, 5) is 30.5. The maximum Gasteiger partial charge on any atom is 0.254 e. The fourth-order valence-corrected chi connectivity index (χ4v) is 3.40. The molecule has 1 atom stereocenters. The van der Waals surface area contributed by atoms with E-state index in [1.807, 2.05) is 48.7 Å². The zero-order chi connectivity index (χ0) is 17.9. The van der Waals surface area contributed by atoms with E-state index in [0.717, 1.165) is 10.9 Å². The van der Waals surface area contributed by atoms with E-state index < -0.39 is 0 Å². The van der Waals surface area contributed by atoms with Gasteiger partial charge < -0.3 is 14.6 Å². The summed E-state index contributed by atoms with van der Waals surface area (Å²) in [7, 11) is 0. The number of nitrogens with one attached hydrogen (secondary N) is 1. The Hall–Kier alpha value is -2.92. The van der Waals surface area contributed by atoms with E-state index in [1.54, 1.807) is 17.0 Å². The van der Waals surface area contributed by atoms with Crippen LogP contribution >= 0.6 is 0 Å². The van der Waals surface area contributed by atoms with Crippen LogP contribution in [0.5, 0.6) is 0 Å². The lowest BCUT2D eigenvalue weighted by molar-refractivity contribution is -0.00280. The first-order valence-electron chi connectivity index (χ1n) is 8.76. The molecule has 5 nitrogen and oxygen atoms in total. The quantitative estimate of drug-likeness (QED) is 0.736. The second-order valence-corrected chi connectivity index (χ2v) is 6.50. The average Bonchev–Trinajstić information content (AvgIpc) is 3.16. The Kier molecular flexibility index (Phi) is 4.54. The van der Waals surface area contributed by atoms with Crippen LogP contribution in [-0.2, 0) is 4.74 Å². The molecule has 1 amide bonds. The second-order valence-electron chi connectivity index (χ2n) is 6.50. The highest BCUT2D eigenvalue weighted by Gasteiger charge is 2.30. The van der Waals surface area contributed by atoms with Crippen LogP contribution in [-0.4, -0.2) is 47.4 Å². The van der Waals surface area contributed by atoms with Crippen LogP contribution in [0.4, 0.5) is 0 Å². The van der Waals surface area contributed by atoms with E-state index in [4.69, 9.17) is 4.74 Å². The third-order valence-corrected chi connectivity index (χ3v) is 4.81. The van der Waals surface area contributed by atoms with Gasteiger partial charge in [-0.2, -0.15) is 0 Å². The SMILES string of the molecule is O=C(C[C@@H]1COCCN1C(=O)c1ccc2[nH]ccc2c1)c1ccccc1. The molecule has 1 fully saturated rings. The number of ether oxygens (including phenoxy) is 1. The molecule has 1 saturated heterocycles. The van der Waals surface area contributed by atoms with Crippen LogP contribution in [0.15, 0.2) is 60.8 Å². The molecule has 26 heavy (non-hydrogen) atoms. The summed E-state index contributed by atoms with van der Waals surface area (Å²) in [6.45, 7) is 1.38. The highest BCUT2D eigenvalue weighted by Crippen LogP contribution is 2.20. The highest BCUT2D eigenvalue weighted by atomic mass is 16.5. The van der Waals surface area contributed by atoms with Crippen molar-refractivity contribution < 1.29 is 14.3 Å². The summed E-state index contributed by atoms with van der Waals surface area (Å²) in [6, 6.07) is 16.5. The first-order chi connectivity index (χ1) is 12.7. The Morgan fingerprint density at radius 1 is 1.08 bits per heavy atom. The number of aromatic nitrogens is 1. The van der Waals surface area contributed by atoms with Crippen LogP contribution in [0, 0.1) is 0 Å². The first kappa shape index (κ1) is 16.5. The number of rotatable bonds is 4. The van der Waals surface area contributed by atoms with E-state index in [9.17, 15) is 9.59 Å². The fraction of sp³-hybridized carbons (Fsp3) is 0.238. The minimum Gasteiger partial charge on any atom is -0.377 e. The van der Waals surface area contributed by atoms with Crippen molar-refractivity contribution >= 4 is 22.6 Å². The Morgan fingerprint density at radius 3 is 2.77 bits per heavy atom. The van der Waals surface area contributed by atoms with Gasteiger partial charge in [-0.1, -0.05) is 30.3 Å². The predicted octanol–water partition coefficient (Wildman–Crippen LogP) is 3.28. The van der Waals surface area contributed by atoms with Crippen LogP contribution in [0.2, 0.25) is 0 Å². The highest BCUT2D eigenvalue weighted by molar-refractivity contribution is 6.00. The zero-order valence-corrected chi connectivity index (χ0v) is 14.4. The summed E-state index contributed by atoms with van der Waals surface area (Å²) in [5.41, 5.74) is 2.30. The number of morpholine rings is 1. The Labute approximate surface area is 151 Å². The lowest BCUT2D eigenvalue weighted by Gasteiger charge is -2.35. The zero-order valence-electron chi connectivity index (χ0n) is 14.4. The van der Waals surface area contributed by atoms with Gasteiger partial charge in [0.1, 0.15) is 0 Å². The number of H-pyrrole nitrogens is 1. The molecule has 0 aliphatic carbocycles. The van der Waals surface area contributed by atoms with Gasteiger partial charge in [0.2, 0.25) is 0 Å². The van der Waals surface area contributed by atoms with Gasteiger partial charge in [0.05, 0.1) is 19.3 Å². The number of benzene rings is 2. The van der Waals surface area contributed by atoms with E-state index in [1.165, 1.54) is 0 Å². The molecule has 1 aliphatic heterocycles. The number of carbonyl (C=O) groups excluding carboxylic acids is 2. The molecule has 5 heteroatoms. The average molecular weight is 348 g/mol. The molecule has 0 unspecified atom stereocenters. The van der Waals surface area contributed by atoms with Crippen molar-refractivity contribution in [3.05, 3.63) is 71.9 Å². The number of hydrogen-bond acceptors (Lipinski definition) is 3. The van der Waals surface area contributed by atoms with E-state index in [-0.39, 0.29) is 24.2 Å². The lowest BCUT2D eigenvalue weighted by atomic mass is 10.0. The minimum atomic E-state index is -0.245. The maximum atomic E-state index is 13.0. The molecule has 1 N–H and O–H groups in total. The molecular formula is C21H20N2O3. The number of Topliss-reactive ketones (excluding diaryl/α,β-unsaturated/α-hetero) is 1. The Morgan fingerprint density at radius 2 is 1.92 bits per heavy atom. The Bertz CT molecular complexity index is 933. The molecular weight excluding hydrogens is 328 g/mol. The fourth-order valence-electron chi connectivity index (χ4n) is 3.40. The summed E-state index contributed by atoms with van der Waals surface area (Å²) >= 11 is 0. The maximum absolute atomic E-state index is 13.0. The third-order valence-electron chi connectivity index (χ3n) is 4.81. The molecule has 3 aromatic rings. The summed E-state index contributed by atoms with van der Waals surface area (Å²) < 4.78 is 5.54. The van der Waals surface area contributed by atoms with E-state index in [2.05, 4.69) is 4.98 Å². The predicted molar refractivity (Wildman–Crippen MR) is 99.3 cm³/mol. The number of aromatic amines is 1. The smallest absolute Gasteiger partial charge is 0.254 e. The summed E-state index contributed by atoms with van der Waals surface area (Å²) in [5.74, 6) is -0.0257. The lowest BCUT2D eigenvalue weighted by Crippen LogP contribution is -2.49. The van der Waals surface area contributed by atoms with Gasteiger partial charge >= 0.3 is 0 Å². The van der Waals surface area contributed by atoms with Crippen molar-refractivity contribution in [3.63, 3.8) is 0 Å². The molecule has 132 valence electrons. The summed E-state index contributed by atoms with van der Waals surface area (Å²) in [5, 5.41) is 1.00. The molecule has 1 aliphatic rings. The molecule has 0 bridgehead atoms. The van der Waals surface area contributed by atoms with Crippen LogP contribution < -0.4 is 0 Å². The molecule has 4 rings (SSSR count). The summed E-state index contributed by atoms with van der Waals surface area (Å²) in [6.07, 6.45) is 2.12. The monoisotopic (exact) mass is 348 g/mol. The van der Waals surface area contributed by atoms with Crippen molar-refractivity contribution in [2.24, 2.45) is 0 Å². The van der Waals surface area contributed by atoms with Crippen molar-refractivity contribution in [2.45, 2.75) is 12.5 Å². The molecule has 2 aromatic carbocycles. The third kappa shape index (κ3) is 3.26. The number of nitrogens with zero attached hydrogens (tertiary/aromatic N) is 1. The van der Waals surface area contributed by atoms with Crippen molar-refractivity contribution in [1.29, 1.82) is 0 Å². The number of amides is 1. The van der Waals surface area contributed by atoms with E-state index in [0.29, 0.717) is 30.9 Å². The molecule has 1 aromatic heterocycles. The van der Waals surface area contributed by atoms with Crippen molar-refractivity contribution in [2.75, 3.05) is 19.8 Å². The largest absolute Gasteiger partial charge is 0.377 e. The van der Waals surface area contributed by atoms with Gasteiger partial charge in [-0.25, -0.2) is 0 Å². The first-order valence-corrected chi connectivity index (χ1v) is 8.76. The number of carbonyl (C=O) groups is 2. The molecule has 2 heterocycles. The van der Waals surface area contributed by atoms with Gasteiger partial charge in [0.15, 0.2) is 5.78 Å². The normalized spacial score (nSPS) is 17.4. The molecule has 0 spiro atoms. The van der Waals surface area contributed by atoms with Crippen LogP contribution in [0.3, 0.4) is 0 Å². The van der Waals surface area contributed by atoms with Gasteiger partial charge in [-0.05, 0) is 24.3 Å². The molecule has 0 saturated carbocycles. The topological polar surface area (TPSA) is 62.4 Å².